The fourth-order valence-corrected chi connectivity index (χ4v) is 1.03. The van der Waals surface area contributed by atoms with E-state index in [4.69, 9.17) is 20.1 Å². The van der Waals surface area contributed by atoms with Crippen molar-refractivity contribution in [2.45, 2.75) is 13.3 Å². The van der Waals surface area contributed by atoms with E-state index in [-0.39, 0.29) is 1.43 Å². The van der Waals surface area contributed by atoms with E-state index in [1.165, 1.54) is 11.1 Å². The molecule has 0 aromatic heterocycles. The molecule has 5 nitrogen and oxygen atoms in total. The van der Waals surface area contributed by atoms with Gasteiger partial charge < -0.3 is 5.73 Å². The van der Waals surface area contributed by atoms with E-state index in [2.05, 4.69) is 35.9 Å². The van der Waals surface area contributed by atoms with Gasteiger partial charge in [0.15, 0.2) is 0 Å². The maximum Gasteiger partial charge on any atom is 0.496 e. The van der Waals surface area contributed by atoms with Crippen molar-refractivity contribution in [3.8, 4) is 0 Å². The number of aryl methyl sites for hydroxylation is 1. The topological polar surface area (TPSA) is 89.6 Å². The van der Waals surface area contributed by atoms with Crippen LogP contribution in [-0.2, 0) is 20.2 Å². The molecule has 0 aliphatic heterocycles. The highest BCUT2D eigenvalue weighted by Gasteiger charge is 1.89. The van der Waals surface area contributed by atoms with Crippen molar-refractivity contribution in [1.82, 2.24) is 0 Å². The number of benzene rings is 1. The molecule has 0 bridgehead atoms. The second-order valence-corrected chi connectivity index (χ2v) is 3.44. The second kappa shape index (κ2) is 8.32. The lowest BCUT2D eigenvalue weighted by Crippen LogP contribution is -2.02. The molecule has 15 heavy (non-hydrogen) atoms. The molecule has 86 valence electrons. The zero-order valence-electron chi connectivity index (χ0n) is 8.42. The summed E-state index contributed by atoms with van der Waals surface area (Å²) >= 11 is 0. The number of hydrogen-bond acceptors (Lipinski definition) is 5. The number of nitrogens with two attached hydrogens (primary N) is 1. The van der Waals surface area contributed by atoms with Gasteiger partial charge in [-0.2, -0.15) is 0 Å². The van der Waals surface area contributed by atoms with E-state index < -0.39 is 7.91 Å². The zero-order chi connectivity index (χ0) is 11.7. The van der Waals surface area contributed by atoms with E-state index in [9.17, 15) is 0 Å². The van der Waals surface area contributed by atoms with Crippen molar-refractivity contribution in [3.05, 3.63) is 35.4 Å². The third kappa shape index (κ3) is 8.03. The van der Waals surface area contributed by atoms with Gasteiger partial charge in [0.25, 0.3) is 0 Å². The van der Waals surface area contributed by atoms with Gasteiger partial charge in [-0.05, 0) is 25.5 Å². The van der Waals surface area contributed by atoms with Gasteiger partial charge in [0, 0.05) is 1.43 Å². The van der Waals surface area contributed by atoms with Crippen LogP contribution < -0.4 is 5.73 Å². The van der Waals surface area contributed by atoms with Crippen LogP contribution in [0.1, 0.15) is 12.6 Å². The molecule has 1 aromatic rings. The summed E-state index contributed by atoms with van der Waals surface area (Å²) in [4.78, 5) is 0. The summed E-state index contributed by atoms with van der Waals surface area (Å²) in [6, 6.07) is 8.45. The second-order valence-electron chi connectivity index (χ2n) is 2.83. The first-order chi connectivity index (χ1) is 7.10. The summed E-state index contributed by atoms with van der Waals surface area (Å²) in [7, 11) is -3.04. The molecule has 0 radical (unpaired) electrons. The third-order valence-electron chi connectivity index (χ3n) is 1.58. The highest BCUT2D eigenvalue weighted by Crippen LogP contribution is 2.03. The predicted molar refractivity (Wildman–Crippen MR) is 58.1 cm³/mol. The van der Waals surface area contributed by atoms with Crippen LogP contribution in [0.15, 0.2) is 24.3 Å². The molecule has 0 amide bonds. The van der Waals surface area contributed by atoms with Gasteiger partial charge in [-0.1, -0.05) is 29.8 Å². The Hall–Kier alpha value is -1.00. The smallest absolute Gasteiger partial charge is 0.330 e. The molecule has 0 spiro atoms. The minimum Gasteiger partial charge on any atom is -0.330 e. The standard InChI is InChI=1S/C9H13N.HO4P.H2/c1-8-3-2-4-9(7-8)5-6-10;1-4-5(2)3;/h2-4,7H,5-6,10H2,1H3;1H;1H. The molecule has 0 atom stereocenters. The monoisotopic (exact) mass is 233 g/mol. The zero-order valence-corrected chi connectivity index (χ0v) is 9.31. The minimum atomic E-state index is -3.04. The van der Waals surface area contributed by atoms with Crippen LogP contribution in [0, 0.1) is 6.92 Å². The van der Waals surface area contributed by atoms with E-state index in [0.717, 1.165) is 13.0 Å². The molecule has 1 aromatic carbocycles. The molecular weight excluding hydrogens is 217 g/mol. The van der Waals surface area contributed by atoms with Crippen LogP contribution in [-0.4, -0.2) is 11.8 Å². The molecule has 6 heteroatoms. The first-order valence-corrected chi connectivity index (χ1v) is 5.41. The average molecular weight is 233 g/mol. The van der Waals surface area contributed by atoms with Gasteiger partial charge in [-0.15, -0.1) is 4.67 Å². The lowest BCUT2D eigenvalue weighted by Gasteiger charge is -1.98. The van der Waals surface area contributed by atoms with Crippen molar-refractivity contribution >= 4 is 7.91 Å². The SMILES string of the molecule is Cc1cccc(CCN)c1.O=P(=O)OO.[HH]. The molecule has 0 heterocycles. The first-order valence-electron chi connectivity index (χ1n) is 4.31. The predicted octanol–water partition coefficient (Wildman–Crippen LogP) is 2.31. The Morgan fingerprint density at radius 1 is 1.53 bits per heavy atom. The van der Waals surface area contributed by atoms with E-state index in [1.807, 2.05) is 0 Å². The molecule has 0 fully saturated rings. The Labute approximate surface area is 90.2 Å². The van der Waals surface area contributed by atoms with Crippen LogP contribution in [0.5, 0.6) is 0 Å². The molecule has 0 saturated carbocycles. The van der Waals surface area contributed by atoms with E-state index in [0.29, 0.717) is 0 Å². The lowest BCUT2D eigenvalue weighted by molar-refractivity contribution is -0.132. The van der Waals surface area contributed by atoms with Gasteiger partial charge in [-0.25, -0.2) is 14.4 Å². The van der Waals surface area contributed by atoms with Gasteiger partial charge in [0.2, 0.25) is 0 Å². The molecule has 0 unspecified atom stereocenters. The average Bonchev–Trinajstić information content (AvgIpc) is 2.19. The Morgan fingerprint density at radius 3 is 2.53 bits per heavy atom. The van der Waals surface area contributed by atoms with E-state index >= 15 is 0 Å². The highest BCUT2D eigenvalue weighted by atomic mass is 31.1. The third-order valence-corrected chi connectivity index (χ3v) is 1.72. The van der Waals surface area contributed by atoms with Crippen molar-refractivity contribution in [2.75, 3.05) is 6.54 Å². The van der Waals surface area contributed by atoms with Crippen LogP contribution >= 0.6 is 7.91 Å². The molecule has 0 aliphatic carbocycles. The molecular formula is C9H16NO4P. The van der Waals surface area contributed by atoms with Crippen molar-refractivity contribution < 1.29 is 20.5 Å². The summed E-state index contributed by atoms with van der Waals surface area (Å²) in [6.07, 6.45) is 0.988. The molecule has 3 N–H and O–H groups in total. The van der Waals surface area contributed by atoms with Crippen LogP contribution in [0.25, 0.3) is 0 Å². The Bertz CT molecular complexity index is 349. The van der Waals surface area contributed by atoms with Gasteiger partial charge in [0.1, 0.15) is 0 Å². The summed E-state index contributed by atoms with van der Waals surface area (Å²) in [5, 5.41) is 7.05. The minimum absolute atomic E-state index is 0. The van der Waals surface area contributed by atoms with Crippen LogP contribution in [0.4, 0.5) is 0 Å². The Morgan fingerprint density at radius 2 is 2.13 bits per heavy atom. The lowest BCUT2D eigenvalue weighted by atomic mass is 10.1. The van der Waals surface area contributed by atoms with E-state index in [1.54, 1.807) is 0 Å². The number of rotatable bonds is 3. The van der Waals surface area contributed by atoms with Crippen molar-refractivity contribution in [3.63, 3.8) is 0 Å². The molecule has 0 saturated heterocycles. The van der Waals surface area contributed by atoms with Crippen LogP contribution in [0.2, 0.25) is 0 Å². The van der Waals surface area contributed by atoms with Crippen molar-refractivity contribution in [1.29, 1.82) is 0 Å². The summed E-state index contributed by atoms with van der Waals surface area (Å²) < 4.78 is 20.6. The Kier molecular flexibility index (Phi) is 7.77. The largest absolute Gasteiger partial charge is 0.496 e. The highest BCUT2D eigenvalue weighted by molar-refractivity contribution is 7.24. The van der Waals surface area contributed by atoms with Gasteiger partial charge in [-0.3, -0.25) is 0 Å². The van der Waals surface area contributed by atoms with Gasteiger partial charge in [0.05, 0.1) is 0 Å². The summed E-state index contributed by atoms with van der Waals surface area (Å²) in [5.74, 6) is 0. The molecule has 1 rings (SSSR count). The van der Waals surface area contributed by atoms with Crippen molar-refractivity contribution in [2.24, 2.45) is 5.73 Å². The fourth-order valence-electron chi connectivity index (χ4n) is 1.03. The quantitative estimate of drug-likeness (QED) is 0.475. The maximum absolute atomic E-state index is 8.93. The number of hydrogen-bond donors (Lipinski definition) is 2. The maximum atomic E-state index is 8.93. The summed E-state index contributed by atoms with van der Waals surface area (Å²) in [5.41, 5.74) is 8.06. The first kappa shape index (κ1) is 14.0. The molecule has 0 aliphatic rings. The van der Waals surface area contributed by atoms with Gasteiger partial charge >= 0.3 is 7.91 Å². The fraction of sp³-hybridized carbons (Fsp3) is 0.333. The Balaban J connectivity index is 0. The summed E-state index contributed by atoms with van der Waals surface area (Å²) in [6.45, 7) is 2.84. The van der Waals surface area contributed by atoms with Crippen LogP contribution in [0.3, 0.4) is 0 Å². The normalized spacial score (nSPS) is 9.00.